The van der Waals surface area contributed by atoms with Crippen molar-refractivity contribution in [1.82, 2.24) is 9.88 Å². The Hall–Kier alpha value is -1.92. The Labute approximate surface area is 138 Å². The van der Waals surface area contributed by atoms with Crippen LogP contribution in [-0.2, 0) is 12.7 Å². The molecule has 1 N–H and O–H groups in total. The summed E-state index contributed by atoms with van der Waals surface area (Å²) in [6, 6.07) is 7.14. The van der Waals surface area contributed by atoms with E-state index in [0.29, 0.717) is 25.1 Å². The summed E-state index contributed by atoms with van der Waals surface area (Å²) in [6.45, 7) is 2.93. The van der Waals surface area contributed by atoms with Crippen LogP contribution >= 0.6 is 0 Å². The van der Waals surface area contributed by atoms with Gasteiger partial charge in [0.15, 0.2) is 0 Å². The number of halogens is 3. The Morgan fingerprint density at radius 2 is 2.04 bits per heavy atom. The summed E-state index contributed by atoms with van der Waals surface area (Å²) in [5.74, 6) is 0. The number of alkyl halides is 3. The monoisotopic (exact) mass is 336 g/mol. The third-order valence-electron chi connectivity index (χ3n) is 4.30. The molecule has 0 aliphatic carbocycles. The molecule has 0 bridgehead atoms. The zero-order chi connectivity index (χ0) is 17.3. The summed E-state index contributed by atoms with van der Waals surface area (Å²) in [6.07, 6.45) is -0.964. The first-order valence-electron chi connectivity index (χ1n) is 7.83. The van der Waals surface area contributed by atoms with E-state index in [4.69, 9.17) is 0 Å². The van der Waals surface area contributed by atoms with Crippen molar-refractivity contribution in [2.45, 2.75) is 38.2 Å². The molecule has 1 aliphatic heterocycles. The molecule has 2 atom stereocenters. The van der Waals surface area contributed by atoms with Crippen molar-refractivity contribution in [3.8, 4) is 0 Å². The van der Waals surface area contributed by atoms with Crippen LogP contribution in [0.15, 0.2) is 42.7 Å². The number of aliphatic hydroxyl groups is 1. The van der Waals surface area contributed by atoms with Crippen LogP contribution in [0, 0.1) is 6.92 Å². The summed E-state index contributed by atoms with van der Waals surface area (Å²) in [5, 5.41) is 10.0. The Morgan fingerprint density at radius 3 is 2.75 bits per heavy atom. The number of aromatic nitrogens is 1. The van der Waals surface area contributed by atoms with Gasteiger partial charge in [-0.2, -0.15) is 13.2 Å². The molecular formula is C18H19F3N2O. The molecule has 1 aromatic carbocycles. The van der Waals surface area contributed by atoms with Crippen LogP contribution in [0.1, 0.15) is 34.7 Å². The molecule has 3 nitrogen and oxygen atoms in total. The third-order valence-corrected chi connectivity index (χ3v) is 4.30. The number of likely N-dealkylation sites (tertiary alicyclic amines) is 1. The van der Waals surface area contributed by atoms with E-state index in [9.17, 15) is 18.3 Å². The first-order chi connectivity index (χ1) is 11.3. The maximum atomic E-state index is 12.9. The molecule has 0 amide bonds. The molecule has 0 radical (unpaired) electrons. The van der Waals surface area contributed by atoms with Gasteiger partial charge in [-0.1, -0.05) is 18.2 Å². The highest BCUT2D eigenvalue weighted by Crippen LogP contribution is 2.36. The lowest BCUT2D eigenvalue weighted by Gasteiger charge is -2.25. The van der Waals surface area contributed by atoms with Crippen LogP contribution < -0.4 is 0 Å². The first kappa shape index (κ1) is 16.9. The van der Waals surface area contributed by atoms with Crippen LogP contribution in [-0.4, -0.2) is 27.6 Å². The molecule has 1 saturated heterocycles. The number of aryl methyl sites for hydroxylation is 1. The van der Waals surface area contributed by atoms with E-state index in [2.05, 4.69) is 4.98 Å². The number of benzene rings is 1. The fourth-order valence-corrected chi connectivity index (χ4v) is 3.26. The van der Waals surface area contributed by atoms with Gasteiger partial charge in [-0.05, 0) is 42.2 Å². The highest BCUT2D eigenvalue weighted by atomic mass is 19.4. The number of aliphatic hydroxyl groups excluding tert-OH is 1. The largest absolute Gasteiger partial charge is 0.416 e. The molecule has 128 valence electrons. The fourth-order valence-electron chi connectivity index (χ4n) is 3.26. The van der Waals surface area contributed by atoms with Gasteiger partial charge in [0, 0.05) is 31.5 Å². The summed E-state index contributed by atoms with van der Waals surface area (Å²) < 4.78 is 38.8. The molecule has 2 aromatic rings. The van der Waals surface area contributed by atoms with E-state index >= 15 is 0 Å². The molecule has 6 heteroatoms. The molecule has 3 rings (SSSR count). The molecule has 0 unspecified atom stereocenters. The molecule has 1 aromatic heterocycles. The van der Waals surface area contributed by atoms with Gasteiger partial charge < -0.3 is 5.11 Å². The molecular weight excluding hydrogens is 317 g/mol. The summed E-state index contributed by atoms with van der Waals surface area (Å²) >= 11 is 0. The predicted molar refractivity (Wildman–Crippen MR) is 84.2 cm³/mol. The van der Waals surface area contributed by atoms with Gasteiger partial charge in [0.2, 0.25) is 0 Å². The Bertz CT molecular complexity index is 717. The summed E-state index contributed by atoms with van der Waals surface area (Å²) in [4.78, 5) is 6.16. The lowest BCUT2D eigenvalue weighted by atomic mass is 10.0. The highest BCUT2D eigenvalue weighted by Gasteiger charge is 2.35. The SMILES string of the molecule is Cc1cncc(CN2C[C@@H](O)C[C@@H]2c2cccc(C(F)(F)F)c2)c1. The van der Waals surface area contributed by atoms with Crippen molar-refractivity contribution < 1.29 is 18.3 Å². The Morgan fingerprint density at radius 1 is 1.25 bits per heavy atom. The lowest BCUT2D eigenvalue weighted by molar-refractivity contribution is -0.137. The van der Waals surface area contributed by atoms with Gasteiger partial charge in [0.1, 0.15) is 0 Å². The number of nitrogens with zero attached hydrogens (tertiary/aromatic N) is 2. The van der Waals surface area contributed by atoms with Crippen LogP contribution in [0.2, 0.25) is 0 Å². The predicted octanol–water partition coefficient (Wildman–Crippen LogP) is 3.72. The Kier molecular flexibility index (Phi) is 4.60. The Balaban J connectivity index is 1.85. The van der Waals surface area contributed by atoms with E-state index in [1.807, 2.05) is 17.9 Å². The van der Waals surface area contributed by atoms with Crippen LogP contribution in [0.3, 0.4) is 0 Å². The normalized spacial score (nSPS) is 22.0. The highest BCUT2D eigenvalue weighted by molar-refractivity contribution is 5.29. The maximum absolute atomic E-state index is 12.9. The molecule has 1 fully saturated rings. The van der Waals surface area contributed by atoms with Gasteiger partial charge in [0.25, 0.3) is 0 Å². The van der Waals surface area contributed by atoms with E-state index < -0.39 is 17.8 Å². The number of β-amino-alcohol motifs (C(OH)–C–C–N with tert-alkyl or cyclic N) is 1. The smallest absolute Gasteiger partial charge is 0.392 e. The summed E-state index contributed by atoms with van der Waals surface area (Å²) in [7, 11) is 0. The van der Waals surface area contributed by atoms with Crippen molar-refractivity contribution >= 4 is 0 Å². The molecule has 2 heterocycles. The summed E-state index contributed by atoms with van der Waals surface area (Å²) in [5.41, 5.74) is 1.95. The minimum Gasteiger partial charge on any atom is -0.392 e. The molecule has 1 aliphatic rings. The molecule has 0 saturated carbocycles. The van der Waals surface area contributed by atoms with Gasteiger partial charge in [-0.3, -0.25) is 9.88 Å². The molecule has 24 heavy (non-hydrogen) atoms. The number of pyridine rings is 1. The standard InChI is InChI=1S/C18H19F3N2O/c1-12-5-13(9-22-8-12)10-23-11-16(24)7-17(23)14-3-2-4-15(6-14)18(19,20)21/h2-6,8-9,16-17,24H,7,10-11H2,1H3/t16-,17+/m0/s1. The topological polar surface area (TPSA) is 36.4 Å². The van der Waals surface area contributed by atoms with Gasteiger partial charge in [0.05, 0.1) is 11.7 Å². The second-order valence-electron chi connectivity index (χ2n) is 6.33. The van der Waals surface area contributed by atoms with Crippen LogP contribution in [0.25, 0.3) is 0 Å². The van der Waals surface area contributed by atoms with Crippen molar-refractivity contribution in [1.29, 1.82) is 0 Å². The van der Waals surface area contributed by atoms with Crippen molar-refractivity contribution in [3.63, 3.8) is 0 Å². The van der Waals surface area contributed by atoms with Crippen LogP contribution in [0.5, 0.6) is 0 Å². The maximum Gasteiger partial charge on any atom is 0.416 e. The van der Waals surface area contributed by atoms with Crippen LogP contribution in [0.4, 0.5) is 13.2 Å². The minimum absolute atomic E-state index is 0.234. The number of hydrogen-bond donors (Lipinski definition) is 1. The number of hydrogen-bond acceptors (Lipinski definition) is 3. The van der Waals surface area contributed by atoms with Gasteiger partial charge >= 0.3 is 6.18 Å². The average molecular weight is 336 g/mol. The molecule has 0 spiro atoms. The van der Waals surface area contributed by atoms with Gasteiger partial charge in [-0.15, -0.1) is 0 Å². The number of rotatable bonds is 3. The van der Waals surface area contributed by atoms with Crippen molar-refractivity contribution in [2.75, 3.05) is 6.54 Å². The second kappa shape index (κ2) is 6.53. The van der Waals surface area contributed by atoms with E-state index in [-0.39, 0.29) is 6.04 Å². The van der Waals surface area contributed by atoms with E-state index in [0.717, 1.165) is 17.2 Å². The van der Waals surface area contributed by atoms with Gasteiger partial charge in [-0.25, -0.2) is 0 Å². The quantitative estimate of drug-likeness (QED) is 0.928. The first-order valence-corrected chi connectivity index (χ1v) is 7.83. The lowest BCUT2D eigenvalue weighted by Crippen LogP contribution is -2.24. The fraction of sp³-hybridized carbons (Fsp3) is 0.389. The van der Waals surface area contributed by atoms with Crippen molar-refractivity contribution in [3.05, 3.63) is 65.0 Å². The zero-order valence-electron chi connectivity index (χ0n) is 13.3. The van der Waals surface area contributed by atoms with E-state index in [1.54, 1.807) is 18.5 Å². The average Bonchev–Trinajstić information content (AvgIpc) is 2.87. The minimum atomic E-state index is -4.36. The van der Waals surface area contributed by atoms with E-state index in [1.165, 1.54) is 12.1 Å². The second-order valence-corrected chi connectivity index (χ2v) is 6.33. The third kappa shape index (κ3) is 3.76. The zero-order valence-corrected chi connectivity index (χ0v) is 13.3. The van der Waals surface area contributed by atoms with Crippen molar-refractivity contribution in [2.24, 2.45) is 0 Å².